The van der Waals surface area contributed by atoms with Crippen LogP contribution in [0.15, 0.2) is 42.6 Å². The Morgan fingerprint density at radius 1 is 1.17 bits per heavy atom. The van der Waals surface area contributed by atoms with Crippen molar-refractivity contribution in [2.45, 2.75) is 13.1 Å². The molecule has 18 heavy (non-hydrogen) atoms. The van der Waals surface area contributed by atoms with Gasteiger partial charge in [0.25, 0.3) is 0 Å². The van der Waals surface area contributed by atoms with E-state index in [0.717, 1.165) is 11.3 Å². The fraction of sp³-hybridized carbons (Fsp3) is 0.154. The van der Waals surface area contributed by atoms with E-state index in [0.29, 0.717) is 18.7 Å². The summed E-state index contributed by atoms with van der Waals surface area (Å²) in [5, 5.41) is 19.9. The second kappa shape index (κ2) is 5.88. The maximum absolute atomic E-state index is 11.0. The summed E-state index contributed by atoms with van der Waals surface area (Å²) in [7, 11) is 0. The quantitative estimate of drug-likeness (QED) is 0.831. The highest BCUT2D eigenvalue weighted by Gasteiger charge is 2.08. The molecule has 1 aromatic heterocycles. The molecule has 2 rings (SSSR count). The third-order valence-corrected chi connectivity index (χ3v) is 2.50. The number of rotatable bonds is 5. The number of hydrogen-bond donors (Lipinski definition) is 2. The molecular weight excluding hydrogens is 230 g/mol. The van der Waals surface area contributed by atoms with Crippen LogP contribution >= 0.6 is 0 Å². The van der Waals surface area contributed by atoms with Gasteiger partial charge in [0.2, 0.25) is 0 Å². The zero-order valence-electron chi connectivity index (χ0n) is 9.71. The predicted molar refractivity (Wildman–Crippen MR) is 66.0 cm³/mol. The average molecular weight is 243 g/mol. The fourth-order valence-electron chi connectivity index (χ4n) is 1.64. The maximum atomic E-state index is 11.0. The van der Waals surface area contributed by atoms with Crippen LogP contribution in [-0.4, -0.2) is 21.3 Å². The summed E-state index contributed by atoms with van der Waals surface area (Å²) >= 11 is 0. The van der Waals surface area contributed by atoms with Crippen LogP contribution in [0.2, 0.25) is 0 Å². The molecule has 0 aliphatic rings. The standard InChI is InChI=1S/C13H13N3O2/c17-13(18)12-6-2-1-4-10(12)8-14-9-11-5-3-7-15-16-11/h1-7,14H,8-9H2,(H,17,18). The van der Waals surface area contributed by atoms with Gasteiger partial charge < -0.3 is 10.4 Å². The normalized spacial score (nSPS) is 10.2. The Labute approximate surface area is 104 Å². The molecule has 1 aromatic carbocycles. The van der Waals surface area contributed by atoms with E-state index in [1.165, 1.54) is 0 Å². The number of carboxylic acids is 1. The zero-order valence-corrected chi connectivity index (χ0v) is 9.71. The monoisotopic (exact) mass is 243 g/mol. The van der Waals surface area contributed by atoms with Crippen molar-refractivity contribution in [1.29, 1.82) is 0 Å². The minimum atomic E-state index is -0.910. The van der Waals surface area contributed by atoms with Crippen LogP contribution < -0.4 is 5.32 Å². The number of carbonyl (C=O) groups is 1. The number of nitrogens with one attached hydrogen (secondary N) is 1. The highest BCUT2D eigenvalue weighted by Crippen LogP contribution is 2.08. The van der Waals surface area contributed by atoms with Crippen molar-refractivity contribution in [3.63, 3.8) is 0 Å². The minimum absolute atomic E-state index is 0.323. The first-order valence-corrected chi connectivity index (χ1v) is 5.56. The molecule has 0 bridgehead atoms. The Kier molecular flexibility index (Phi) is 3.98. The Bertz CT molecular complexity index is 529. The van der Waals surface area contributed by atoms with Crippen molar-refractivity contribution in [3.8, 4) is 0 Å². The topological polar surface area (TPSA) is 75.1 Å². The van der Waals surface area contributed by atoms with E-state index in [9.17, 15) is 4.79 Å². The van der Waals surface area contributed by atoms with Crippen LogP contribution in [0.5, 0.6) is 0 Å². The van der Waals surface area contributed by atoms with Crippen LogP contribution in [0.1, 0.15) is 21.6 Å². The van der Waals surface area contributed by atoms with Gasteiger partial charge in [0, 0.05) is 19.3 Å². The molecule has 2 N–H and O–H groups in total. The fourth-order valence-corrected chi connectivity index (χ4v) is 1.64. The van der Waals surface area contributed by atoms with E-state index >= 15 is 0 Å². The first-order valence-electron chi connectivity index (χ1n) is 5.56. The van der Waals surface area contributed by atoms with Gasteiger partial charge in [0.15, 0.2) is 0 Å². The van der Waals surface area contributed by atoms with E-state index in [1.54, 1.807) is 24.4 Å². The molecule has 0 saturated carbocycles. The predicted octanol–water partition coefficient (Wildman–Crippen LogP) is 1.46. The van der Waals surface area contributed by atoms with Crippen LogP contribution in [0, 0.1) is 0 Å². The van der Waals surface area contributed by atoms with Crippen molar-refractivity contribution < 1.29 is 9.90 Å². The van der Waals surface area contributed by atoms with Gasteiger partial charge in [-0.3, -0.25) is 0 Å². The number of benzene rings is 1. The molecule has 92 valence electrons. The molecule has 0 unspecified atom stereocenters. The number of aromatic carboxylic acids is 1. The van der Waals surface area contributed by atoms with Crippen LogP contribution in [0.4, 0.5) is 0 Å². The van der Waals surface area contributed by atoms with Crippen molar-refractivity contribution >= 4 is 5.97 Å². The van der Waals surface area contributed by atoms with Gasteiger partial charge in [-0.15, -0.1) is 0 Å². The lowest BCUT2D eigenvalue weighted by Gasteiger charge is -2.07. The van der Waals surface area contributed by atoms with Crippen LogP contribution in [0.3, 0.4) is 0 Å². The zero-order chi connectivity index (χ0) is 12.8. The van der Waals surface area contributed by atoms with Gasteiger partial charge in [-0.05, 0) is 23.8 Å². The van der Waals surface area contributed by atoms with Gasteiger partial charge >= 0.3 is 5.97 Å². The van der Waals surface area contributed by atoms with Crippen LogP contribution in [0.25, 0.3) is 0 Å². The molecular formula is C13H13N3O2. The highest BCUT2D eigenvalue weighted by molar-refractivity contribution is 5.89. The number of nitrogens with zero attached hydrogens (tertiary/aromatic N) is 2. The molecule has 0 spiro atoms. The minimum Gasteiger partial charge on any atom is -0.478 e. The second-order valence-electron chi connectivity index (χ2n) is 3.78. The first kappa shape index (κ1) is 12.2. The smallest absolute Gasteiger partial charge is 0.336 e. The van der Waals surface area contributed by atoms with Crippen molar-refractivity contribution in [3.05, 3.63) is 59.4 Å². The summed E-state index contributed by atoms with van der Waals surface area (Å²) in [5.74, 6) is -0.910. The Morgan fingerprint density at radius 3 is 2.72 bits per heavy atom. The summed E-state index contributed by atoms with van der Waals surface area (Å²) in [6.45, 7) is 1.04. The van der Waals surface area contributed by atoms with Gasteiger partial charge in [0.1, 0.15) is 0 Å². The number of carboxylic acid groups (broad SMARTS) is 1. The average Bonchev–Trinajstić information content (AvgIpc) is 2.40. The second-order valence-corrected chi connectivity index (χ2v) is 3.78. The molecule has 0 amide bonds. The Hall–Kier alpha value is -2.27. The molecule has 0 atom stereocenters. The molecule has 2 aromatic rings. The molecule has 0 aliphatic heterocycles. The van der Waals surface area contributed by atoms with Gasteiger partial charge in [0.05, 0.1) is 11.3 Å². The van der Waals surface area contributed by atoms with Crippen LogP contribution in [-0.2, 0) is 13.1 Å². The third kappa shape index (κ3) is 3.11. The van der Waals surface area contributed by atoms with E-state index in [2.05, 4.69) is 15.5 Å². The maximum Gasteiger partial charge on any atom is 0.336 e. The SMILES string of the molecule is O=C(O)c1ccccc1CNCc1cccnn1. The summed E-state index contributed by atoms with van der Waals surface area (Å²) in [6.07, 6.45) is 1.61. The molecule has 5 nitrogen and oxygen atoms in total. The molecule has 0 fully saturated rings. The van der Waals surface area contributed by atoms with E-state index in [-0.39, 0.29) is 0 Å². The number of hydrogen-bond acceptors (Lipinski definition) is 4. The molecule has 1 heterocycles. The summed E-state index contributed by atoms with van der Waals surface area (Å²) in [5.41, 5.74) is 1.91. The lowest BCUT2D eigenvalue weighted by molar-refractivity contribution is 0.0695. The molecule has 5 heteroatoms. The van der Waals surface area contributed by atoms with Crippen molar-refractivity contribution in [1.82, 2.24) is 15.5 Å². The Balaban J connectivity index is 1.97. The summed E-state index contributed by atoms with van der Waals surface area (Å²) < 4.78 is 0. The van der Waals surface area contributed by atoms with Crippen molar-refractivity contribution in [2.24, 2.45) is 0 Å². The van der Waals surface area contributed by atoms with Gasteiger partial charge in [-0.2, -0.15) is 10.2 Å². The molecule has 0 radical (unpaired) electrons. The van der Waals surface area contributed by atoms with E-state index < -0.39 is 5.97 Å². The van der Waals surface area contributed by atoms with Gasteiger partial charge in [-0.1, -0.05) is 18.2 Å². The van der Waals surface area contributed by atoms with E-state index in [1.807, 2.05) is 18.2 Å². The van der Waals surface area contributed by atoms with Crippen molar-refractivity contribution in [2.75, 3.05) is 0 Å². The third-order valence-electron chi connectivity index (χ3n) is 2.50. The van der Waals surface area contributed by atoms with E-state index in [4.69, 9.17) is 5.11 Å². The molecule has 0 saturated heterocycles. The molecule has 0 aliphatic carbocycles. The van der Waals surface area contributed by atoms with Gasteiger partial charge in [-0.25, -0.2) is 4.79 Å². The Morgan fingerprint density at radius 2 is 2.00 bits per heavy atom. The highest BCUT2D eigenvalue weighted by atomic mass is 16.4. The lowest BCUT2D eigenvalue weighted by atomic mass is 10.1. The first-order chi connectivity index (χ1) is 8.77. The largest absolute Gasteiger partial charge is 0.478 e. The lowest BCUT2D eigenvalue weighted by Crippen LogP contribution is -2.16. The summed E-state index contributed by atoms with van der Waals surface area (Å²) in [4.78, 5) is 11.0. The summed E-state index contributed by atoms with van der Waals surface area (Å²) in [6, 6.07) is 10.6. The number of aromatic nitrogens is 2.